The summed E-state index contributed by atoms with van der Waals surface area (Å²) in [7, 11) is 0. The maximum atomic E-state index is 5.40. The molecule has 3 aromatic rings. The van der Waals surface area contributed by atoms with Crippen LogP contribution in [-0.2, 0) is 0 Å². The second-order valence-corrected chi connectivity index (χ2v) is 5.84. The van der Waals surface area contributed by atoms with Crippen LogP contribution in [0.15, 0.2) is 34.9 Å². The molecule has 1 fully saturated rings. The molecule has 0 aliphatic carbocycles. The van der Waals surface area contributed by atoms with Gasteiger partial charge in [-0.3, -0.25) is 0 Å². The summed E-state index contributed by atoms with van der Waals surface area (Å²) in [5, 5.41) is 8.71. The summed E-state index contributed by atoms with van der Waals surface area (Å²) in [6.07, 6.45) is 2.27. The molecule has 1 aliphatic rings. The van der Waals surface area contributed by atoms with E-state index >= 15 is 0 Å². The second-order valence-electron chi connectivity index (χ2n) is 4.76. The number of hydrogen-bond acceptors (Lipinski definition) is 5. The first-order chi connectivity index (χ1) is 9.40. The highest BCUT2D eigenvalue weighted by atomic mass is 32.1. The molecule has 1 atom stereocenters. The molecule has 5 heteroatoms. The topological polar surface area (TPSA) is 51.0 Å². The number of nitrogens with one attached hydrogen (secondary N) is 1. The van der Waals surface area contributed by atoms with Crippen LogP contribution in [0.4, 0.5) is 0 Å². The fourth-order valence-electron chi connectivity index (χ4n) is 2.47. The van der Waals surface area contributed by atoms with Crippen LogP contribution in [0, 0.1) is 0 Å². The third-order valence-electron chi connectivity index (χ3n) is 3.45. The van der Waals surface area contributed by atoms with Crippen molar-refractivity contribution in [1.29, 1.82) is 0 Å². The number of benzene rings is 1. The predicted octanol–water partition coefficient (Wildman–Crippen LogP) is 3.38. The summed E-state index contributed by atoms with van der Waals surface area (Å²) in [5.74, 6) is 1.41. The van der Waals surface area contributed by atoms with Crippen LogP contribution in [0.2, 0.25) is 0 Å². The first-order valence-corrected chi connectivity index (χ1v) is 7.28. The third kappa shape index (κ3) is 1.95. The van der Waals surface area contributed by atoms with E-state index in [0.29, 0.717) is 5.89 Å². The molecule has 1 unspecified atom stereocenters. The Labute approximate surface area is 114 Å². The highest BCUT2D eigenvalue weighted by molar-refractivity contribution is 7.22. The molecule has 3 heterocycles. The Morgan fingerprint density at radius 3 is 3.11 bits per heavy atom. The van der Waals surface area contributed by atoms with E-state index in [1.807, 2.05) is 12.1 Å². The molecule has 0 spiro atoms. The highest BCUT2D eigenvalue weighted by Crippen LogP contribution is 2.33. The lowest BCUT2D eigenvalue weighted by Crippen LogP contribution is -2.14. The van der Waals surface area contributed by atoms with Crippen LogP contribution >= 0.6 is 11.3 Å². The largest absolute Gasteiger partial charge is 0.333 e. The smallest absolute Gasteiger partial charge is 0.268 e. The van der Waals surface area contributed by atoms with Gasteiger partial charge in [-0.2, -0.15) is 4.98 Å². The van der Waals surface area contributed by atoms with Crippen molar-refractivity contribution in [3.05, 3.63) is 36.2 Å². The molecule has 1 saturated heterocycles. The normalized spacial score (nSPS) is 19.3. The molecule has 1 N–H and O–H groups in total. The molecule has 0 saturated carbocycles. The molecule has 4 rings (SSSR count). The van der Waals surface area contributed by atoms with Crippen molar-refractivity contribution in [1.82, 2.24) is 15.5 Å². The molecule has 19 heavy (non-hydrogen) atoms. The van der Waals surface area contributed by atoms with Gasteiger partial charge in [-0.15, -0.1) is 11.3 Å². The van der Waals surface area contributed by atoms with Crippen molar-refractivity contribution in [3.63, 3.8) is 0 Å². The molecule has 0 radical (unpaired) electrons. The van der Waals surface area contributed by atoms with E-state index in [9.17, 15) is 0 Å². The summed E-state index contributed by atoms with van der Waals surface area (Å²) in [4.78, 5) is 5.57. The van der Waals surface area contributed by atoms with E-state index in [1.54, 1.807) is 11.3 Å². The number of aromatic nitrogens is 2. The molecule has 0 bridgehead atoms. The molecule has 1 aliphatic heterocycles. The first-order valence-electron chi connectivity index (χ1n) is 6.46. The fraction of sp³-hybridized carbons (Fsp3) is 0.286. The van der Waals surface area contributed by atoms with Crippen molar-refractivity contribution in [2.24, 2.45) is 0 Å². The number of thiophene rings is 1. The minimum absolute atomic E-state index is 0.256. The summed E-state index contributed by atoms with van der Waals surface area (Å²) >= 11 is 1.69. The van der Waals surface area contributed by atoms with Gasteiger partial charge in [-0.1, -0.05) is 23.4 Å². The number of nitrogens with zero attached hydrogens (tertiary/aromatic N) is 2. The van der Waals surface area contributed by atoms with Crippen LogP contribution in [0.3, 0.4) is 0 Å². The van der Waals surface area contributed by atoms with E-state index in [4.69, 9.17) is 4.52 Å². The Hall–Kier alpha value is -1.72. The molecule has 4 nitrogen and oxygen atoms in total. The first kappa shape index (κ1) is 11.1. The Bertz CT molecular complexity index is 679. The lowest BCUT2D eigenvalue weighted by molar-refractivity contribution is 0.413. The Balaban J connectivity index is 1.71. The lowest BCUT2D eigenvalue weighted by Gasteiger charge is -2.01. The van der Waals surface area contributed by atoms with E-state index in [0.717, 1.165) is 23.7 Å². The Morgan fingerprint density at radius 2 is 2.26 bits per heavy atom. The number of hydrogen-bond donors (Lipinski definition) is 1. The SMILES string of the molecule is c1ccc2sc(-c3nc(C4CCCN4)no3)cc2c1. The lowest BCUT2D eigenvalue weighted by atomic mass is 10.2. The van der Waals surface area contributed by atoms with Gasteiger partial charge in [0.25, 0.3) is 5.89 Å². The minimum Gasteiger partial charge on any atom is -0.333 e. The van der Waals surface area contributed by atoms with Crippen LogP contribution in [0.1, 0.15) is 24.7 Å². The molecular weight excluding hydrogens is 258 g/mol. The monoisotopic (exact) mass is 271 g/mol. The van der Waals surface area contributed by atoms with Crippen molar-refractivity contribution in [3.8, 4) is 10.8 Å². The van der Waals surface area contributed by atoms with Gasteiger partial charge in [0, 0.05) is 4.70 Å². The van der Waals surface area contributed by atoms with Crippen LogP contribution in [-0.4, -0.2) is 16.7 Å². The zero-order chi connectivity index (χ0) is 12.7. The second kappa shape index (κ2) is 4.43. The van der Waals surface area contributed by atoms with Crippen molar-refractivity contribution < 1.29 is 4.52 Å². The van der Waals surface area contributed by atoms with E-state index in [-0.39, 0.29) is 6.04 Å². The number of rotatable bonds is 2. The van der Waals surface area contributed by atoms with Crippen LogP contribution < -0.4 is 5.32 Å². The predicted molar refractivity (Wildman–Crippen MR) is 75.1 cm³/mol. The standard InChI is InChI=1S/C14H13N3OS/c1-2-6-11-9(4-1)8-12(19-11)14-16-13(17-18-14)10-5-3-7-15-10/h1-2,4,6,8,10,15H,3,5,7H2. The van der Waals surface area contributed by atoms with Gasteiger partial charge in [-0.25, -0.2) is 0 Å². The van der Waals surface area contributed by atoms with Gasteiger partial charge in [0.15, 0.2) is 5.82 Å². The van der Waals surface area contributed by atoms with Gasteiger partial charge in [0.1, 0.15) is 0 Å². The van der Waals surface area contributed by atoms with E-state index in [2.05, 4.69) is 33.7 Å². The average molecular weight is 271 g/mol. The van der Waals surface area contributed by atoms with Gasteiger partial charge in [0.05, 0.1) is 10.9 Å². The molecule has 2 aromatic heterocycles. The van der Waals surface area contributed by atoms with Crippen molar-refractivity contribution in [2.45, 2.75) is 18.9 Å². The van der Waals surface area contributed by atoms with Crippen LogP contribution in [0.5, 0.6) is 0 Å². The highest BCUT2D eigenvalue weighted by Gasteiger charge is 2.22. The summed E-state index contributed by atoms with van der Waals surface area (Å²) in [6.45, 7) is 1.04. The molecule has 0 amide bonds. The van der Waals surface area contributed by atoms with Gasteiger partial charge < -0.3 is 9.84 Å². The maximum Gasteiger partial charge on any atom is 0.268 e. The summed E-state index contributed by atoms with van der Waals surface area (Å²) < 4.78 is 6.65. The number of fused-ring (bicyclic) bond motifs is 1. The average Bonchev–Trinajstić information content (AvgIpc) is 3.17. The van der Waals surface area contributed by atoms with E-state index in [1.165, 1.54) is 16.5 Å². The zero-order valence-electron chi connectivity index (χ0n) is 10.3. The Kier molecular flexibility index (Phi) is 2.60. The fourth-order valence-corrected chi connectivity index (χ4v) is 3.45. The molecule has 96 valence electrons. The van der Waals surface area contributed by atoms with Crippen molar-refractivity contribution >= 4 is 21.4 Å². The van der Waals surface area contributed by atoms with Crippen LogP contribution in [0.25, 0.3) is 20.9 Å². The molecular formula is C14H13N3OS. The van der Waals surface area contributed by atoms with Gasteiger partial charge in [-0.05, 0) is 36.9 Å². The van der Waals surface area contributed by atoms with E-state index < -0.39 is 0 Å². The zero-order valence-corrected chi connectivity index (χ0v) is 11.1. The van der Waals surface area contributed by atoms with Gasteiger partial charge >= 0.3 is 0 Å². The third-order valence-corrected chi connectivity index (χ3v) is 4.55. The Morgan fingerprint density at radius 1 is 1.32 bits per heavy atom. The van der Waals surface area contributed by atoms with Gasteiger partial charge in [0.2, 0.25) is 0 Å². The summed E-state index contributed by atoms with van der Waals surface area (Å²) in [6, 6.07) is 10.7. The minimum atomic E-state index is 0.256. The van der Waals surface area contributed by atoms with Crippen molar-refractivity contribution in [2.75, 3.05) is 6.54 Å². The molecule has 1 aromatic carbocycles. The summed E-state index contributed by atoms with van der Waals surface area (Å²) in [5.41, 5.74) is 0. The maximum absolute atomic E-state index is 5.40. The quantitative estimate of drug-likeness (QED) is 0.776.